The van der Waals surface area contributed by atoms with Crippen LogP contribution in [-0.4, -0.2) is 35.7 Å². The van der Waals surface area contributed by atoms with Crippen molar-refractivity contribution in [2.24, 2.45) is 0 Å². The van der Waals surface area contributed by atoms with Gasteiger partial charge in [-0.2, -0.15) is 0 Å². The molecule has 1 N–H and O–H groups in total. The van der Waals surface area contributed by atoms with Crippen LogP contribution in [0.25, 0.3) is 0 Å². The summed E-state index contributed by atoms with van der Waals surface area (Å²) in [4.78, 5) is 36.1. The van der Waals surface area contributed by atoms with Crippen LogP contribution >= 0.6 is 0 Å². The average Bonchev–Trinajstić information content (AvgIpc) is 2.83. The van der Waals surface area contributed by atoms with Gasteiger partial charge in [0, 0.05) is 5.56 Å². The summed E-state index contributed by atoms with van der Waals surface area (Å²) in [6.45, 7) is -0.108. The maximum Gasteiger partial charge on any atom is 0.254 e. The van der Waals surface area contributed by atoms with E-state index in [1.54, 1.807) is 6.07 Å². The third-order valence-corrected chi connectivity index (χ3v) is 3.58. The first-order valence-electron chi connectivity index (χ1n) is 6.37. The SMILES string of the molecule is O=C1CN(C(=O)c2ccc3c(c2)CCC3)CC(=O)N1. The van der Waals surface area contributed by atoms with Gasteiger partial charge >= 0.3 is 0 Å². The maximum absolute atomic E-state index is 12.3. The predicted octanol–water partition coefficient (Wildman–Crippen LogP) is 0.274. The summed E-state index contributed by atoms with van der Waals surface area (Å²) in [6, 6.07) is 5.65. The molecule has 1 aromatic carbocycles. The number of amides is 3. The lowest BCUT2D eigenvalue weighted by Gasteiger charge is -2.25. The van der Waals surface area contributed by atoms with Gasteiger partial charge in [0.05, 0.1) is 0 Å². The molecule has 0 unspecified atom stereocenters. The molecule has 0 bridgehead atoms. The largest absolute Gasteiger partial charge is 0.320 e. The van der Waals surface area contributed by atoms with E-state index in [-0.39, 0.29) is 19.0 Å². The van der Waals surface area contributed by atoms with Crippen molar-refractivity contribution in [1.29, 1.82) is 0 Å². The van der Waals surface area contributed by atoms with E-state index in [1.807, 2.05) is 12.1 Å². The lowest BCUT2D eigenvalue weighted by Crippen LogP contribution is -2.53. The standard InChI is InChI=1S/C14H14N2O3/c17-12-7-16(8-13(18)15-12)14(19)11-5-4-9-2-1-3-10(9)6-11/h4-6H,1-3,7-8H2,(H,15,17,18). The summed E-state index contributed by atoms with van der Waals surface area (Å²) in [5.41, 5.74) is 3.06. The molecular weight excluding hydrogens is 244 g/mol. The van der Waals surface area contributed by atoms with E-state index in [9.17, 15) is 14.4 Å². The van der Waals surface area contributed by atoms with Crippen molar-refractivity contribution in [3.63, 3.8) is 0 Å². The van der Waals surface area contributed by atoms with Crippen LogP contribution < -0.4 is 5.32 Å². The third kappa shape index (κ3) is 2.23. The predicted molar refractivity (Wildman–Crippen MR) is 67.5 cm³/mol. The van der Waals surface area contributed by atoms with Gasteiger partial charge in [0.15, 0.2) is 0 Å². The molecule has 1 aliphatic heterocycles. The Labute approximate surface area is 110 Å². The molecule has 3 rings (SSSR count). The molecule has 2 aliphatic rings. The minimum absolute atomic E-state index is 0.0539. The number of fused-ring (bicyclic) bond motifs is 1. The highest BCUT2D eigenvalue weighted by atomic mass is 16.2. The molecule has 0 spiro atoms. The first-order chi connectivity index (χ1) is 9.13. The fourth-order valence-electron chi connectivity index (χ4n) is 2.67. The second kappa shape index (κ2) is 4.50. The number of imide groups is 1. The molecule has 98 valence electrons. The summed E-state index contributed by atoms with van der Waals surface area (Å²) in [5, 5.41) is 2.19. The minimum atomic E-state index is -0.425. The molecule has 1 heterocycles. The van der Waals surface area contributed by atoms with Crippen LogP contribution in [0.5, 0.6) is 0 Å². The van der Waals surface area contributed by atoms with E-state index >= 15 is 0 Å². The monoisotopic (exact) mass is 258 g/mol. The minimum Gasteiger partial charge on any atom is -0.320 e. The smallest absolute Gasteiger partial charge is 0.254 e. The lowest BCUT2D eigenvalue weighted by atomic mass is 10.1. The molecule has 5 nitrogen and oxygen atoms in total. The fourth-order valence-corrected chi connectivity index (χ4v) is 2.67. The molecule has 0 atom stereocenters. The van der Waals surface area contributed by atoms with Crippen molar-refractivity contribution in [3.8, 4) is 0 Å². The van der Waals surface area contributed by atoms with Crippen LogP contribution in [0.4, 0.5) is 0 Å². The number of benzene rings is 1. The first-order valence-corrected chi connectivity index (χ1v) is 6.37. The van der Waals surface area contributed by atoms with Gasteiger partial charge in [0.25, 0.3) is 5.91 Å². The second-order valence-corrected chi connectivity index (χ2v) is 4.97. The summed E-state index contributed by atoms with van der Waals surface area (Å²) in [5.74, 6) is -1.10. The molecule has 19 heavy (non-hydrogen) atoms. The third-order valence-electron chi connectivity index (χ3n) is 3.58. The van der Waals surface area contributed by atoms with E-state index in [1.165, 1.54) is 16.0 Å². The van der Waals surface area contributed by atoms with E-state index in [2.05, 4.69) is 5.32 Å². The van der Waals surface area contributed by atoms with Crippen LogP contribution in [0, 0.1) is 0 Å². The number of carbonyl (C=O) groups excluding carboxylic acids is 3. The van der Waals surface area contributed by atoms with Crippen molar-refractivity contribution in [2.45, 2.75) is 19.3 Å². The van der Waals surface area contributed by atoms with Crippen molar-refractivity contribution >= 4 is 17.7 Å². The van der Waals surface area contributed by atoms with Gasteiger partial charge < -0.3 is 4.90 Å². The second-order valence-electron chi connectivity index (χ2n) is 4.97. The van der Waals surface area contributed by atoms with Crippen LogP contribution in [0.2, 0.25) is 0 Å². The highest BCUT2D eigenvalue weighted by Gasteiger charge is 2.27. The normalized spacial score (nSPS) is 18.2. The molecule has 1 saturated heterocycles. The number of carbonyl (C=O) groups is 3. The van der Waals surface area contributed by atoms with Gasteiger partial charge in [0.1, 0.15) is 13.1 Å². The van der Waals surface area contributed by atoms with E-state index < -0.39 is 11.8 Å². The number of hydrogen-bond acceptors (Lipinski definition) is 3. The van der Waals surface area contributed by atoms with E-state index in [4.69, 9.17) is 0 Å². The fraction of sp³-hybridized carbons (Fsp3) is 0.357. The zero-order valence-corrected chi connectivity index (χ0v) is 10.4. The number of aryl methyl sites for hydroxylation is 2. The Morgan fingerprint density at radius 1 is 1.05 bits per heavy atom. The summed E-state index contributed by atoms with van der Waals surface area (Å²) < 4.78 is 0. The molecule has 1 aromatic rings. The Bertz CT molecular complexity index is 564. The molecule has 0 radical (unpaired) electrons. The zero-order chi connectivity index (χ0) is 13.4. The van der Waals surface area contributed by atoms with Crippen LogP contribution in [0.1, 0.15) is 27.9 Å². The number of nitrogens with one attached hydrogen (secondary N) is 1. The molecule has 5 heteroatoms. The Morgan fingerprint density at radius 3 is 2.47 bits per heavy atom. The highest BCUT2D eigenvalue weighted by Crippen LogP contribution is 2.23. The van der Waals surface area contributed by atoms with E-state index in [0.29, 0.717) is 5.56 Å². The molecule has 1 aliphatic carbocycles. The van der Waals surface area contributed by atoms with Crippen molar-refractivity contribution < 1.29 is 14.4 Å². The van der Waals surface area contributed by atoms with Gasteiger partial charge in [-0.25, -0.2) is 0 Å². The summed E-state index contributed by atoms with van der Waals surface area (Å²) >= 11 is 0. The molecule has 0 aromatic heterocycles. The van der Waals surface area contributed by atoms with Gasteiger partial charge in [0.2, 0.25) is 11.8 Å². The van der Waals surface area contributed by atoms with Gasteiger partial charge in [-0.1, -0.05) is 6.07 Å². The molecule has 1 fully saturated rings. The van der Waals surface area contributed by atoms with Crippen molar-refractivity contribution in [2.75, 3.05) is 13.1 Å². The number of rotatable bonds is 1. The maximum atomic E-state index is 12.3. The highest BCUT2D eigenvalue weighted by molar-refractivity contribution is 6.05. The van der Waals surface area contributed by atoms with Crippen LogP contribution in [-0.2, 0) is 22.4 Å². The van der Waals surface area contributed by atoms with Crippen LogP contribution in [0.15, 0.2) is 18.2 Å². The van der Waals surface area contributed by atoms with Crippen molar-refractivity contribution in [3.05, 3.63) is 34.9 Å². The molecular formula is C14H14N2O3. The Balaban J connectivity index is 1.83. The molecule has 3 amide bonds. The van der Waals surface area contributed by atoms with Gasteiger partial charge in [-0.3, -0.25) is 19.7 Å². The van der Waals surface area contributed by atoms with Crippen LogP contribution in [0.3, 0.4) is 0 Å². The average molecular weight is 258 g/mol. The quantitative estimate of drug-likeness (QED) is 0.735. The Kier molecular flexibility index (Phi) is 2.81. The van der Waals surface area contributed by atoms with Crippen molar-refractivity contribution in [1.82, 2.24) is 10.2 Å². The van der Waals surface area contributed by atoms with E-state index in [0.717, 1.165) is 19.3 Å². The summed E-state index contributed by atoms with van der Waals surface area (Å²) in [6.07, 6.45) is 3.18. The zero-order valence-electron chi connectivity index (χ0n) is 10.4. The van der Waals surface area contributed by atoms with Gasteiger partial charge in [-0.05, 0) is 42.5 Å². The first kappa shape index (κ1) is 11.9. The topological polar surface area (TPSA) is 66.5 Å². The Hall–Kier alpha value is -2.17. The Morgan fingerprint density at radius 2 is 1.74 bits per heavy atom. The number of piperazine rings is 1. The lowest BCUT2D eigenvalue weighted by molar-refractivity contribution is -0.135. The van der Waals surface area contributed by atoms with Gasteiger partial charge in [-0.15, -0.1) is 0 Å². The molecule has 0 saturated carbocycles. The summed E-state index contributed by atoms with van der Waals surface area (Å²) in [7, 11) is 0. The number of hydrogen-bond donors (Lipinski definition) is 1. The number of nitrogens with zero attached hydrogens (tertiary/aromatic N) is 1.